The number of aliphatic hydroxyl groups excluding tert-OH is 1. The number of imidazole rings is 1. The minimum absolute atomic E-state index is 0.126. The van der Waals surface area contributed by atoms with Crippen LogP contribution in [0.25, 0.3) is 11.2 Å². The molecule has 0 spiro atoms. The molecule has 0 amide bonds. The van der Waals surface area contributed by atoms with Crippen molar-refractivity contribution in [3.8, 4) is 0 Å². The second-order valence-electron chi connectivity index (χ2n) is 7.82. The molecule has 3 aromatic heterocycles. The van der Waals surface area contributed by atoms with Crippen LogP contribution in [0, 0.1) is 13.8 Å². The van der Waals surface area contributed by atoms with E-state index in [4.69, 9.17) is 0 Å². The van der Waals surface area contributed by atoms with Crippen molar-refractivity contribution in [2.24, 2.45) is 0 Å². The summed E-state index contributed by atoms with van der Waals surface area (Å²) in [5, 5.41) is 16.7. The SMILES string of the molecule is CC[C@@H](Nc1nc(NCc2cnc(C)cc2C)c2ncn(C(C)C)c2n1)[C@H](C)O. The van der Waals surface area contributed by atoms with Gasteiger partial charge in [0.2, 0.25) is 5.95 Å². The summed E-state index contributed by atoms with van der Waals surface area (Å²) in [6, 6.07) is 2.17. The number of nitrogens with one attached hydrogen (secondary N) is 2. The molecule has 0 aliphatic rings. The van der Waals surface area contributed by atoms with Gasteiger partial charge in [0.25, 0.3) is 0 Å². The fraction of sp³-hybridized carbons (Fsp3) is 0.524. The second-order valence-corrected chi connectivity index (χ2v) is 7.82. The third-order valence-electron chi connectivity index (χ3n) is 5.12. The van der Waals surface area contributed by atoms with E-state index in [1.54, 1.807) is 13.3 Å². The van der Waals surface area contributed by atoms with Crippen molar-refractivity contribution in [1.82, 2.24) is 24.5 Å². The molecule has 29 heavy (non-hydrogen) atoms. The van der Waals surface area contributed by atoms with Gasteiger partial charge in [-0.15, -0.1) is 0 Å². The van der Waals surface area contributed by atoms with Crippen molar-refractivity contribution < 1.29 is 5.11 Å². The number of aliphatic hydroxyl groups is 1. The second kappa shape index (κ2) is 8.73. The zero-order valence-electron chi connectivity index (χ0n) is 18.1. The Bertz CT molecular complexity index is 981. The topological polar surface area (TPSA) is 101 Å². The Balaban J connectivity index is 1.97. The Hall–Kier alpha value is -2.74. The highest BCUT2D eigenvalue weighted by Gasteiger charge is 2.18. The van der Waals surface area contributed by atoms with Gasteiger partial charge in [-0.2, -0.15) is 9.97 Å². The summed E-state index contributed by atoms with van der Waals surface area (Å²) in [6.07, 6.45) is 3.94. The lowest BCUT2D eigenvalue weighted by molar-refractivity contribution is 0.169. The van der Waals surface area contributed by atoms with Crippen LogP contribution >= 0.6 is 0 Å². The van der Waals surface area contributed by atoms with Crippen molar-refractivity contribution in [2.75, 3.05) is 10.6 Å². The Morgan fingerprint density at radius 1 is 1.14 bits per heavy atom. The first kappa shape index (κ1) is 21.0. The quantitative estimate of drug-likeness (QED) is 0.534. The third-order valence-corrected chi connectivity index (χ3v) is 5.12. The molecule has 0 aliphatic carbocycles. The van der Waals surface area contributed by atoms with Gasteiger partial charge in [-0.3, -0.25) is 4.98 Å². The van der Waals surface area contributed by atoms with Crippen molar-refractivity contribution >= 4 is 22.9 Å². The molecule has 0 fully saturated rings. The van der Waals surface area contributed by atoms with Crippen LogP contribution in [0.4, 0.5) is 11.8 Å². The Kier molecular flexibility index (Phi) is 6.32. The van der Waals surface area contributed by atoms with E-state index in [1.165, 1.54) is 5.56 Å². The lowest BCUT2D eigenvalue weighted by Crippen LogP contribution is -2.31. The van der Waals surface area contributed by atoms with E-state index in [-0.39, 0.29) is 12.1 Å². The Labute approximate surface area is 171 Å². The van der Waals surface area contributed by atoms with Gasteiger partial charge in [0.05, 0.1) is 18.5 Å². The van der Waals surface area contributed by atoms with Crippen LogP contribution in [0.3, 0.4) is 0 Å². The molecule has 3 rings (SSSR count). The molecule has 0 saturated carbocycles. The van der Waals surface area contributed by atoms with Gasteiger partial charge >= 0.3 is 0 Å². The highest BCUT2D eigenvalue weighted by Crippen LogP contribution is 2.24. The molecule has 0 bridgehead atoms. The van der Waals surface area contributed by atoms with Gasteiger partial charge in [-0.05, 0) is 58.2 Å². The van der Waals surface area contributed by atoms with E-state index in [1.807, 2.05) is 24.6 Å². The van der Waals surface area contributed by atoms with E-state index in [2.05, 4.69) is 57.4 Å². The molecular formula is C21H31N7O. The highest BCUT2D eigenvalue weighted by molar-refractivity contribution is 5.84. The molecule has 156 valence electrons. The molecular weight excluding hydrogens is 366 g/mol. The average molecular weight is 398 g/mol. The smallest absolute Gasteiger partial charge is 0.227 e. The first-order valence-corrected chi connectivity index (χ1v) is 10.1. The van der Waals surface area contributed by atoms with Gasteiger partial charge < -0.3 is 20.3 Å². The number of hydrogen-bond donors (Lipinski definition) is 3. The molecule has 3 N–H and O–H groups in total. The van der Waals surface area contributed by atoms with Crippen molar-refractivity contribution in [2.45, 2.75) is 72.7 Å². The van der Waals surface area contributed by atoms with Crippen LogP contribution in [0.5, 0.6) is 0 Å². The van der Waals surface area contributed by atoms with E-state index in [9.17, 15) is 5.11 Å². The number of aromatic nitrogens is 5. The summed E-state index contributed by atoms with van der Waals surface area (Å²) in [4.78, 5) is 18.3. The summed E-state index contributed by atoms with van der Waals surface area (Å²) in [5.74, 6) is 1.14. The number of anilines is 2. The zero-order chi connectivity index (χ0) is 21.1. The Morgan fingerprint density at radius 2 is 1.90 bits per heavy atom. The fourth-order valence-electron chi connectivity index (χ4n) is 3.30. The zero-order valence-corrected chi connectivity index (χ0v) is 18.1. The van der Waals surface area contributed by atoms with Crippen LogP contribution < -0.4 is 10.6 Å². The molecule has 2 atom stereocenters. The predicted octanol–water partition coefficient (Wildman–Crippen LogP) is 3.60. The van der Waals surface area contributed by atoms with Crippen LogP contribution in [0.15, 0.2) is 18.6 Å². The van der Waals surface area contributed by atoms with Gasteiger partial charge in [-0.1, -0.05) is 6.92 Å². The monoisotopic (exact) mass is 397 g/mol. The summed E-state index contributed by atoms with van der Waals surface area (Å²) in [5.41, 5.74) is 4.78. The minimum Gasteiger partial charge on any atom is -0.391 e. The lowest BCUT2D eigenvalue weighted by Gasteiger charge is -2.20. The first-order chi connectivity index (χ1) is 13.8. The first-order valence-electron chi connectivity index (χ1n) is 10.1. The summed E-state index contributed by atoms with van der Waals surface area (Å²) >= 11 is 0. The highest BCUT2D eigenvalue weighted by atomic mass is 16.3. The maximum absolute atomic E-state index is 10.0. The number of rotatable bonds is 8. The van der Waals surface area contributed by atoms with Gasteiger partial charge in [0.15, 0.2) is 17.0 Å². The molecule has 0 aromatic carbocycles. The standard InChI is InChI=1S/C21H31N7O/c1-7-17(15(6)29)25-21-26-19(18-20(27-21)28(11-24-18)12(2)3)23-10-16-9-22-14(5)8-13(16)4/h8-9,11-12,15,17,29H,7,10H2,1-6H3,(H2,23,25,26,27)/t15-,17+/m0/s1. The maximum atomic E-state index is 10.0. The predicted molar refractivity (Wildman–Crippen MR) is 116 cm³/mol. The van der Waals surface area contributed by atoms with Crippen molar-refractivity contribution in [3.05, 3.63) is 35.4 Å². The van der Waals surface area contributed by atoms with E-state index in [0.717, 1.165) is 28.8 Å². The van der Waals surface area contributed by atoms with Gasteiger partial charge in [-0.25, -0.2) is 4.98 Å². The third kappa shape index (κ3) is 4.64. The maximum Gasteiger partial charge on any atom is 0.227 e. The van der Waals surface area contributed by atoms with E-state index >= 15 is 0 Å². The summed E-state index contributed by atoms with van der Waals surface area (Å²) < 4.78 is 2.02. The number of hydrogen-bond acceptors (Lipinski definition) is 7. The molecule has 0 aliphatic heterocycles. The molecule has 3 heterocycles. The number of pyridine rings is 1. The van der Waals surface area contributed by atoms with E-state index in [0.29, 0.717) is 18.3 Å². The molecule has 0 saturated heterocycles. The van der Waals surface area contributed by atoms with Gasteiger partial charge in [0.1, 0.15) is 0 Å². The van der Waals surface area contributed by atoms with Gasteiger partial charge in [0, 0.05) is 24.5 Å². The summed E-state index contributed by atoms with van der Waals surface area (Å²) in [6.45, 7) is 12.6. The van der Waals surface area contributed by atoms with Crippen LogP contribution in [0.1, 0.15) is 57.0 Å². The Morgan fingerprint density at radius 3 is 2.52 bits per heavy atom. The molecule has 8 heteroatoms. The van der Waals surface area contributed by atoms with Crippen LogP contribution in [-0.4, -0.2) is 41.8 Å². The number of fused-ring (bicyclic) bond motifs is 1. The van der Waals surface area contributed by atoms with Crippen molar-refractivity contribution in [1.29, 1.82) is 0 Å². The van der Waals surface area contributed by atoms with Crippen molar-refractivity contribution in [3.63, 3.8) is 0 Å². The molecule has 3 aromatic rings. The number of aryl methyl sites for hydroxylation is 2. The van der Waals surface area contributed by atoms with E-state index < -0.39 is 6.10 Å². The fourth-order valence-corrected chi connectivity index (χ4v) is 3.30. The normalized spacial score (nSPS) is 13.7. The molecule has 0 radical (unpaired) electrons. The molecule has 0 unspecified atom stereocenters. The van der Waals surface area contributed by atoms with Crippen LogP contribution in [0.2, 0.25) is 0 Å². The summed E-state index contributed by atoms with van der Waals surface area (Å²) in [7, 11) is 0. The lowest BCUT2D eigenvalue weighted by atomic mass is 10.1. The number of nitrogens with zero attached hydrogens (tertiary/aromatic N) is 5. The largest absolute Gasteiger partial charge is 0.391 e. The molecule has 8 nitrogen and oxygen atoms in total. The average Bonchev–Trinajstić information content (AvgIpc) is 3.09. The minimum atomic E-state index is -0.507. The van der Waals surface area contributed by atoms with Crippen LogP contribution in [-0.2, 0) is 6.54 Å².